The van der Waals surface area contributed by atoms with E-state index in [4.69, 9.17) is 27.1 Å². The van der Waals surface area contributed by atoms with E-state index in [9.17, 15) is 9.13 Å². The van der Waals surface area contributed by atoms with Crippen LogP contribution in [-0.4, -0.2) is 0 Å². The van der Waals surface area contributed by atoms with Crippen LogP contribution in [0.15, 0.2) is 140 Å². The third kappa shape index (κ3) is 10.8. The predicted molar refractivity (Wildman–Crippen MR) is 182 cm³/mol. The van der Waals surface area contributed by atoms with Crippen LogP contribution in [0.3, 0.4) is 0 Å². The summed E-state index contributed by atoms with van der Waals surface area (Å²) in [4.78, 5) is 0. The summed E-state index contributed by atoms with van der Waals surface area (Å²) >= 11 is 0. The van der Waals surface area contributed by atoms with Crippen molar-refractivity contribution >= 4 is 15.6 Å². The molecule has 0 heterocycles. The van der Waals surface area contributed by atoms with Crippen molar-refractivity contribution in [2.75, 3.05) is 0 Å². The summed E-state index contributed by atoms with van der Waals surface area (Å²) in [5.41, 5.74) is 3.91. The van der Waals surface area contributed by atoms with Crippen LogP contribution in [0, 0.1) is 0 Å². The van der Waals surface area contributed by atoms with Crippen LogP contribution in [0.25, 0.3) is 0 Å². The van der Waals surface area contributed by atoms with E-state index in [0.717, 1.165) is 27.8 Å². The summed E-state index contributed by atoms with van der Waals surface area (Å²) in [6.07, 6.45) is 0. The fourth-order valence-corrected chi connectivity index (χ4v) is 6.83. The highest BCUT2D eigenvalue weighted by Crippen LogP contribution is 2.55. The first kappa shape index (κ1) is 34.3. The molecule has 0 unspecified atom stereocenters. The zero-order valence-electron chi connectivity index (χ0n) is 26.3. The minimum Gasteiger partial charge on any atom is -0.404 e. The molecule has 0 aromatic heterocycles. The van der Waals surface area contributed by atoms with Gasteiger partial charge in [0.2, 0.25) is 0 Å². The Bertz CT molecular complexity index is 1670. The molecule has 8 nitrogen and oxygen atoms in total. The van der Waals surface area contributed by atoms with Crippen molar-refractivity contribution in [3.63, 3.8) is 0 Å². The van der Waals surface area contributed by atoms with Crippen molar-refractivity contribution in [2.24, 2.45) is 0 Å². The van der Waals surface area contributed by atoms with Crippen molar-refractivity contribution in [1.29, 1.82) is 0 Å². The number of hydrogen-bond donors (Lipinski definition) is 0. The van der Waals surface area contributed by atoms with Crippen LogP contribution in [0.2, 0.25) is 0 Å². The van der Waals surface area contributed by atoms with E-state index < -0.39 is 15.6 Å². The summed E-state index contributed by atoms with van der Waals surface area (Å²) < 4.78 is 63.6. The number of phosphoric ester groups is 2. The zero-order valence-corrected chi connectivity index (χ0v) is 28.1. The van der Waals surface area contributed by atoms with Crippen LogP contribution in [0.1, 0.15) is 47.6 Å². The third-order valence-electron chi connectivity index (χ3n) is 6.96. The molecule has 0 aliphatic rings. The molecule has 0 aliphatic heterocycles. The minimum absolute atomic E-state index is 0.00377. The third-order valence-corrected chi connectivity index (χ3v) is 9.60. The van der Waals surface area contributed by atoms with E-state index in [0.29, 0.717) is 0 Å². The fraction of sp³-hybridized carbons (Fsp3) is 0.189. The second-order valence-electron chi connectivity index (χ2n) is 11.0. The lowest BCUT2D eigenvalue weighted by atomic mass is 10.0. The van der Waals surface area contributed by atoms with E-state index in [1.54, 1.807) is 12.1 Å². The zero-order chi connectivity index (χ0) is 33.0. The monoisotopic (exact) mass is 672 g/mol. The van der Waals surface area contributed by atoms with Crippen LogP contribution < -0.4 is 9.05 Å². The van der Waals surface area contributed by atoms with Gasteiger partial charge in [-0.25, -0.2) is 9.13 Å². The SMILES string of the molecule is CC(C)c1ccc(OP(=O)(OCc2ccccc2)OCc2ccccc2)cc1OP(=O)(OCc1ccccc1)OCc1ccccc1. The maximum absolute atomic E-state index is 14.2. The van der Waals surface area contributed by atoms with Gasteiger partial charge >= 0.3 is 15.6 Å². The van der Waals surface area contributed by atoms with E-state index >= 15 is 0 Å². The first-order valence-corrected chi connectivity index (χ1v) is 18.2. The van der Waals surface area contributed by atoms with Crippen LogP contribution >= 0.6 is 15.6 Å². The minimum atomic E-state index is -4.20. The highest BCUT2D eigenvalue weighted by Gasteiger charge is 2.33. The molecule has 0 amide bonds. The summed E-state index contributed by atoms with van der Waals surface area (Å²) in [5.74, 6) is 0.289. The number of phosphoric acid groups is 2. The van der Waals surface area contributed by atoms with Crippen molar-refractivity contribution in [3.8, 4) is 11.5 Å². The van der Waals surface area contributed by atoms with Gasteiger partial charge < -0.3 is 9.05 Å². The van der Waals surface area contributed by atoms with Gasteiger partial charge in [0.1, 0.15) is 11.5 Å². The van der Waals surface area contributed by atoms with Gasteiger partial charge in [-0.15, -0.1) is 0 Å². The maximum atomic E-state index is 14.2. The second kappa shape index (κ2) is 16.7. The Labute approximate surface area is 276 Å². The van der Waals surface area contributed by atoms with Gasteiger partial charge in [-0.2, -0.15) is 0 Å². The molecule has 0 fully saturated rings. The molecule has 244 valence electrons. The average Bonchev–Trinajstić information content (AvgIpc) is 3.10. The van der Waals surface area contributed by atoms with Crippen molar-refractivity contribution in [2.45, 2.75) is 46.2 Å². The Balaban J connectivity index is 1.41. The van der Waals surface area contributed by atoms with Crippen LogP contribution in [0.4, 0.5) is 0 Å². The van der Waals surface area contributed by atoms with Crippen molar-refractivity contribution < 1.29 is 36.3 Å². The quantitative estimate of drug-likeness (QED) is 0.0902. The largest absolute Gasteiger partial charge is 0.530 e. The Hall–Kier alpha value is -4.00. The van der Waals surface area contributed by atoms with Gasteiger partial charge in [-0.05, 0) is 39.8 Å². The van der Waals surface area contributed by atoms with E-state index in [1.807, 2.05) is 135 Å². The highest BCUT2D eigenvalue weighted by molar-refractivity contribution is 7.49. The average molecular weight is 673 g/mol. The standard InChI is InChI=1S/C37H38O8P2/c1-30(2)36-24-23-35(44-46(38,40-26-31-15-7-3-8-16-31)41-27-32-17-9-4-10-18-32)25-37(36)45-47(39,42-28-33-19-11-5-12-20-33)43-29-34-21-13-6-14-22-34/h3-25,30H,26-29H2,1-2H3. The molecule has 0 radical (unpaired) electrons. The summed E-state index contributed by atoms with van der Waals surface area (Å²) in [5, 5.41) is 0. The Kier molecular flexibility index (Phi) is 12.2. The van der Waals surface area contributed by atoms with E-state index in [2.05, 4.69) is 0 Å². The van der Waals surface area contributed by atoms with Crippen LogP contribution in [0.5, 0.6) is 11.5 Å². The van der Waals surface area contributed by atoms with Gasteiger partial charge in [0.15, 0.2) is 0 Å². The predicted octanol–water partition coefficient (Wildman–Crippen LogP) is 10.7. The molecule has 0 bridgehead atoms. The molecule has 5 rings (SSSR count). The summed E-state index contributed by atoms with van der Waals surface area (Å²) in [6, 6.07) is 42.2. The summed E-state index contributed by atoms with van der Waals surface area (Å²) in [6.45, 7) is 3.93. The molecule has 0 saturated carbocycles. The first-order valence-electron chi connectivity index (χ1n) is 15.3. The normalized spacial score (nSPS) is 11.8. The Morgan fingerprint density at radius 1 is 0.468 bits per heavy atom. The van der Waals surface area contributed by atoms with Crippen molar-refractivity contribution in [1.82, 2.24) is 0 Å². The summed E-state index contributed by atoms with van der Waals surface area (Å²) in [7, 11) is -8.38. The van der Waals surface area contributed by atoms with Crippen LogP contribution in [-0.2, 0) is 53.7 Å². The molecule has 10 heteroatoms. The molecular formula is C37H38O8P2. The molecule has 5 aromatic rings. The molecule has 0 aliphatic carbocycles. The smallest absolute Gasteiger partial charge is 0.404 e. The van der Waals surface area contributed by atoms with Gasteiger partial charge in [0.25, 0.3) is 0 Å². The lowest BCUT2D eigenvalue weighted by molar-refractivity contribution is 0.141. The van der Waals surface area contributed by atoms with Gasteiger partial charge in [-0.1, -0.05) is 141 Å². The van der Waals surface area contributed by atoms with Crippen molar-refractivity contribution in [3.05, 3.63) is 167 Å². The number of benzene rings is 5. The number of hydrogen-bond acceptors (Lipinski definition) is 8. The lowest BCUT2D eigenvalue weighted by Gasteiger charge is -2.23. The van der Waals surface area contributed by atoms with Gasteiger partial charge in [0.05, 0.1) is 26.4 Å². The van der Waals surface area contributed by atoms with Gasteiger partial charge in [-0.3, -0.25) is 18.1 Å². The number of rotatable bonds is 17. The highest BCUT2D eigenvalue weighted by atomic mass is 31.2. The Morgan fingerprint density at radius 2 is 0.809 bits per heavy atom. The fourth-order valence-electron chi connectivity index (χ4n) is 4.47. The Morgan fingerprint density at radius 3 is 1.15 bits per heavy atom. The first-order chi connectivity index (χ1) is 22.8. The molecule has 0 N–H and O–H groups in total. The molecule has 5 aromatic carbocycles. The van der Waals surface area contributed by atoms with E-state index in [1.165, 1.54) is 6.07 Å². The molecule has 0 spiro atoms. The lowest BCUT2D eigenvalue weighted by Crippen LogP contribution is -2.07. The molecular weight excluding hydrogens is 634 g/mol. The second-order valence-corrected chi connectivity index (χ2v) is 14.2. The van der Waals surface area contributed by atoms with E-state index in [-0.39, 0.29) is 43.8 Å². The molecule has 47 heavy (non-hydrogen) atoms. The maximum Gasteiger partial charge on any atom is 0.530 e. The topological polar surface area (TPSA) is 89.5 Å². The molecule has 0 atom stereocenters. The van der Waals surface area contributed by atoms with Gasteiger partial charge in [0, 0.05) is 6.07 Å². The molecule has 0 saturated heterocycles.